The van der Waals surface area contributed by atoms with E-state index in [2.05, 4.69) is 5.32 Å². The van der Waals surface area contributed by atoms with Gasteiger partial charge in [-0.15, -0.1) is 0 Å². The van der Waals surface area contributed by atoms with Crippen molar-refractivity contribution < 1.29 is 28.9 Å². The molecule has 0 aliphatic carbocycles. The minimum absolute atomic E-state index is 0.268. The number of fused-ring (bicyclic) bond motifs is 1. The molecule has 4 rings (SSSR count). The molecule has 2 N–H and O–H groups in total. The molecule has 34 heavy (non-hydrogen) atoms. The lowest BCUT2D eigenvalue weighted by molar-refractivity contribution is -0.139. The summed E-state index contributed by atoms with van der Waals surface area (Å²) in [5, 5.41) is 16.0. The fourth-order valence-electron chi connectivity index (χ4n) is 3.53. The van der Waals surface area contributed by atoms with Crippen molar-refractivity contribution in [2.24, 2.45) is 0 Å². The second-order valence-corrected chi connectivity index (χ2v) is 9.44. The molecule has 1 aliphatic rings. The van der Waals surface area contributed by atoms with Gasteiger partial charge in [-0.05, 0) is 76.7 Å². The summed E-state index contributed by atoms with van der Waals surface area (Å²) in [6.07, 6.45) is 1.98. The standard InChI is InChI=1S/C25H25NO6S2/c1-33-10-9-21(25(28)29)26-24(27)19-7-6-17(12-20(19)16-8-11-34-15-16)30-13-18-14-31-22-4-2-3-5-23(22)32-18/h2-8,11-12,15,18,21H,9-10,13-14H2,1H3,(H,26,27)(H,28,29)/t18?,21-/m0/s1. The number of aliphatic carboxylic acids is 1. The van der Waals surface area contributed by atoms with Crippen LogP contribution in [0.25, 0.3) is 11.1 Å². The van der Waals surface area contributed by atoms with Gasteiger partial charge in [0.1, 0.15) is 25.0 Å². The van der Waals surface area contributed by atoms with Crippen LogP contribution in [-0.4, -0.2) is 54.4 Å². The van der Waals surface area contributed by atoms with E-state index in [1.54, 1.807) is 18.2 Å². The fourth-order valence-corrected chi connectivity index (χ4v) is 4.66. The third kappa shape index (κ3) is 5.84. The molecule has 1 unspecified atom stereocenters. The van der Waals surface area contributed by atoms with Crippen molar-refractivity contribution in [1.82, 2.24) is 5.32 Å². The average Bonchev–Trinajstić information content (AvgIpc) is 3.39. The van der Waals surface area contributed by atoms with Gasteiger partial charge in [-0.3, -0.25) is 4.79 Å². The number of carbonyl (C=O) groups excluding carboxylic acids is 1. The Balaban J connectivity index is 1.49. The molecule has 0 fully saturated rings. The first-order valence-corrected chi connectivity index (χ1v) is 13.1. The molecule has 0 saturated carbocycles. The molecule has 0 spiro atoms. The zero-order chi connectivity index (χ0) is 23.9. The zero-order valence-electron chi connectivity index (χ0n) is 18.6. The van der Waals surface area contributed by atoms with Crippen molar-refractivity contribution in [1.29, 1.82) is 0 Å². The molecule has 178 valence electrons. The number of carbonyl (C=O) groups is 2. The predicted molar refractivity (Wildman–Crippen MR) is 133 cm³/mol. The summed E-state index contributed by atoms with van der Waals surface area (Å²) in [5.41, 5.74) is 1.94. The molecule has 1 aliphatic heterocycles. The second-order valence-electron chi connectivity index (χ2n) is 7.67. The van der Waals surface area contributed by atoms with Crippen molar-refractivity contribution in [2.75, 3.05) is 25.2 Å². The van der Waals surface area contributed by atoms with Crippen LogP contribution in [0.4, 0.5) is 0 Å². The summed E-state index contributed by atoms with van der Waals surface area (Å²) >= 11 is 3.05. The van der Waals surface area contributed by atoms with Gasteiger partial charge in [0, 0.05) is 5.56 Å². The van der Waals surface area contributed by atoms with E-state index in [0.29, 0.717) is 47.2 Å². The minimum atomic E-state index is -1.05. The molecule has 7 nitrogen and oxygen atoms in total. The topological polar surface area (TPSA) is 94.1 Å². The molecule has 2 aromatic carbocycles. The van der Waals surface area contributed by atoms with E-state index in [1.165, 1.54) is 23.1 Å². The molecule has 2 atom stereocenters. The third-order valence-corrected chi connectivity index (χ3v) is 6.61. The van der Waals surface area contributed by atoms with Crippen LogP contribution in [0.5, 0.6) is 17.2 Å². The molecular weight excluding hydrogens is 474 g/mol. The van der Waals surface area contributed by atoms with E-state index >= 15 is 0 Å². The average molecular weight is 500 g/mol. The maximum absolute atomic E-state index is 13.0. The van der Waals surface area contributed by atoms with Gasteiger partial charge in [0.25, 0.3) is 5.91 Å². The molecule has 1 amide bonds. The van der Waals surface area contributed by atoms with Gasteiger partial charge in [0.2, 0.25) is 0 Å². The Kier molecular flexibility index (Phi) is 7.97. The molecule has 2 heterocycles. The summed E-state index contributed by atoms with van der Waals surface area (Å²) in [5.74, 6) is 1.14. The zero-order valence-corrected chi connectivity index (χ0v) is 20.2. The molecule has 0 radical (unpaired) electrons. The Morgan fingerprint density at radius 3 is 2.79 bits per heavy atom. The smallest absolute Gasteiger partial charge is 0.326 e. The number of nitrogens with one attached hydrogen (secondary N) is 1. The van der Waals surface area contributed by atoms with Crippen molar-refractivity contribution in [3.8, 4) is 28.4 Å². The third-order valence-electron chi connectivity index (χ3n) is 5.29. The summed E-state index contributed by atoms with van der Waals surface area (Å²) in [7, 11) is 0. The highest BCUT2D eigenvalue weighted by molar-refractivity contribution is 7.98. The maximum Gasteiger partial charge on any atom is 0.326 e. The number of para-hydroxylation sites is 2. The first kappa shape index (κ1) is 24.0. The lowest BCUT2D eigenvalue weighted by atomic mass is 10.0. The lowest BCUT2D eigenvalue weighted by Crippen LogP contribution is -2.41. The Bertz CT molecular complexity index is 1130. The largest absolute Gasteiger partial charge is 0.490 e. The van der Waals surface area contributed by atoms with Crippen LogP contribution >= 0.6 is 23.1 Å². The Hall–Kier alpha value is -3.17. The van der Waals surface area contributed by atoms with Crippen molar-refractivity contribution in [2.45, 2.75) is 18.6 Å². The van der Waals surface area contributed by atoms with Crippen LogP contribution in [0.2, 0.25) is 0 Å². The quantitative estimate of drug-likeness (QED) is 0.422. The van der Waals surface area contributed by atoms with Gasteiger partial charge in [-0.1, -0.05) is 12.1 Å². The first-order chi connectivity index (χ1) is 16.5. The van der Waals surface area contributed by atoms with Gasteiger partial charge in [0.15, 0.2) is 17.6 Å². The Labute approximate surface area is 206 Å². The number of thiophene rings is 1. The van der Waals surface area contributed by atoms with Crippen molar-refractivity contribution >= 4 is 35.0 Å². The van der Waals surface area contributed by atoms with E-state index < -0.39 is 17.9 Å². The van der Waals surface area contributed by atoms with Crippen LogP contribution in [0, 0.1) is 0 Å². The number of carboxylic acids is 1. The number of amides is 1. The summed E-state index contributed by atoms with van der Waals surface area (Å²) in [4.78, 5) is 24.6. The molecule has 1 aromatic heterocycles. The van der Waals surface area contributed by atoms with E-state index in [9.17, 15) is 14.7 Å². The SMILES string of the molecule is CSCC[C@H](NC(=O)c1ccc(OCC2COc3ccccc3O2)cc1-c1ccsc1)C(=O)O. The molecular formula is C25H25NO6S2. The molecule has 0 bridgehead atoms. The van der Waals surface area contributed by atoms with Crippen LogP contribution in [0.1, 0.15) is 16.8 Å². The van der Waals surface area contributed by atoms with E-state index in [1.807, 2.05) is 47.3 Å². The highest BCUT2D eigenvalue weighted by Crippen LogP contribution is 2.32. The maximum atomic E-state index is 13.0. The van der Waals surface area contributed by atoms with Gasteiger partial charge >= 0.3 is 5.97 Å². The number of hydrogen-bond donors (Lipinski definition) is 2. The minimum Gasteiger partial charge on any atom is -0.490 e. The fraction of sp³-hybridized carbons (Fsp3) is 0.280. The van der Waals surface area contributed by atoms with Gasteiger partial charge in [-0.25, -0.2) is 4.79 Å². The Morgan fingerprint density at radius 2 is 2.06 bits per heavy atom. The number of benzene rings is 2. The molecule has 9 heteroatoms. The van der Waals surface area contributed by atoms with E-state index in [0.717, 1.165) is 5.56 Å². The number of rotatable bonds is 10. The Morgan fingerprint density at radius 1 is 1.24 bits per heavy atom. The highest BCUT2D eigenvalue weighted by Gasteiger charge is 2.24. The van der Waals surface area contributed by atoms with Crippen LogP contribution < -0.4 is 19.5 Å². The normalized spacial score (nSPS) is 15.4. The second kappa shape index (κ2) is 11.3. The monoisotopic (exact) mass is 499 g/mol. The molecule has 3 aromatic rings. The van der Waals surface area contributed by atoms with Crippen molar-refractivity contribution in [3.05, 3.63) is 64.9 Å². The number of thioether (sulfide) groups is 1. The summed E-state index contributed by atoms with van der Waals surface area (Å²) in [6, 6.07) is 13.6. The van der Waals surface area contributed by atoms with Crippen LogP contribution in [0.15, 0.2) is 59.3 Å². The first-order valence-electron chi connectivity index (χ1n) is 10.8. The van der Waals surface area contributed by atoms with E-state index in [-0.39, 0.29) is 12.7 Å². The van der Waals surface area contributed by atoms with Crippen LogP contribution in [-0.2, 0) is 4.79 Å². The highest BCUT2D eigenvalue weighted by atomic mass is 32.2. The summed E-state index contributed by atoms with van der Waals surface area (Å²) < 4.78 is 17.7. The number of ether oxygens (including phenoxy) is 3. The van der Waals surface area contributed by atoms with Gasteiger partial charge < -0.3 is 24.6 Å². The number of carboxylic acid groups (broad SMARTS) is 1. The number of hydrogen-bond acceptors (Lipinski definition) is 7. The van der Waals surface area contributed by atoms with Crippen molar-refractivity contribution in [3.63, 3.8) is 0 Å². The molecule has 0 saturated heterocycles. The van der Waals surface area contributed by atoms with Gasteiger partial charge in [0.05, 0.1) is 0 Å². The predicted octanol–water partition coefficient (Wildman–Crippen LogP) is 4.57. The lowest BCUT2D eigenvalue weighted by Gasteiger charge is -2.26. The van der Waals surface area contributed by atoms with E-state index in [4.69, 9.17) is 14.2 Å². The van der Waals surface area contributed by atoms with Gasteiger partial charge in [-0.2, -0.15) is 23.1 Å². The van der Waals surface area contributed by atoms with Crippen LogP contribution in [0.3, 0.4) is 0 Å². The summed E-state index contributed by atoms with van der Waals surface area (Å²) in [6.45, 7) is 0.653.